The molecular weight excluding hydrogens is 1680 g/mol. The standard InChI is InChI=1S/C84H134N24O19S/c1-2-3-30-62(98-80(121)67(53-109)102-75(116)61(33-24-41-92-83(86)87)95-73(114)54-127-46-45-126-44-43-91-70(111)37-26-47-128(124,125)105-72(113)36-19-14-12-10-8-6-4-5-7-9-11-13-18-35-69-103-106-107-104-69)76(117)99-64-38-39-71(112)90-40-23-22-32-60(74(85)115)96-79(120)66(49-56-51-94-59-31-21-20-29-58(56)59)100-77(118)63(34-25-42-93-84(88)89)97-78(119)65(48-55-27-16-15-17-28-55)101-81(122)68-50-57(110)52-108(68)82(64)123/h15-17,20-21,27-29,31,51,57,60-68,94,109-110H,2-14,18-19,22-26,30,32-50,52-54H2,1H3,(H2,85,115)(H,90,112)(H,91,111)(H,95,114)(H,96,120)(H,97,119)(H,98,121)(H,99,117)(H,100,118)(H,101,122)(H,102,116)(H,105,113)(H4,86,87,92)(H4,88,89,93)(H,103,104,106,107)/t57-,60+,61+,62+,63+,64+,65-,66+,67+,68+/m1/s1. The lowest BCUT2D eigenvalue weighted by Gasteiger charge is -2.31. The van der Waals surface area contributed by atoms with Gasteiger partial charge in [-0.2, -0.15) is 0 Å². The zero-order chi connectivity index (χ0) is 93.0. The fourth-order valence-corrected chi connectivity index (χ4v) is 15.8. The van der Waals surface area contributed by atoms with E-state index in [0.717, 1.165) is 66.6 Å². The minimum Gasteiger partial charge on any atom is -0.394 e. The molecule has 43 nitrogen and oxygen atoms in total. The average Bonchev–Trinajstić information content (AvgIpc) is 1.57. The second-order valence-electron chi connectivity index (χ2n) is 32.2. The van der Waals surface area contributed by atoms with Crippen LogP contribution in [0.2, 0.25) is 0 Å². The summed E-state index contributed by atoms with van der Waals surface area (Å²) in [5.74, 6) is -11.2. The number of aliphatic hydroxyl groups excluding tert-OH is 2. The molecule has 0 aliphatic carbocycles. The second kappa shape index (κ2) is 58.8. The molecule has 0 radical (unpaired) electrons. The van der Waals surface area contributed by atoms with E-state index < -0.39 is 186 Å². The van der Waals surface area contributed by atoms with Gasteiger partial charge in [0.2, 0.25) is 86.8 Å². The zero-order valence-electron chi connectivity index (χ0n) is 73.2. The molecule has 2 fully saturated rings. The number of nitrogens with two attached hydrogens (primary N) is 3. The number of carbonyl (C=O) groups excluding carboxylic acids is 13. The molecule has 44 heteroatoms. The maximum absolute atomic E-state index is 15.2. The van der Waals surface area contributed by atoms with Crippen molar-refractivity contribution in [3.8, 4) is 0 Å². The number of rotatable bonds is 53. The number of unbranched alkanes of at least 4 members (excludes halogenated alkanes) is 13. The molecule has 4 heterocycles. The summed E-state index contributed by atoms with van der Waals surface area (Å²) in [4.78, 5) is 187. The van der Waals surface area contributed by atoms with E-state index in [1.54, 1.807) is 49.5 Å². The monoisotopic (exact) mass is 1810 g/mol. The Labute approximate surface area is 745 Å². The molecule has 10 atom stereocenters. The number of para-hydroxylation sites is 1. The number of tetrazole rings is 1. The number of hydrogen-bond acceptors (Lipinski definition) is 24. The average molecular weight is 1820 g/mol. The van der Waals surface area contributed by atoms with E-state index in [-0.39, 0.29) is 154 Å². The number of guanidine groups is 2. The molecule has 2 aromatic carbocycles. The van der Waals surface area contributed by atoms with Crippen LogP contribution in [0.5, 0.6) is 0 Å². The van der Waals surface area contributed by atoms with Crippen molar-refractivity contribution in [3.05, 3.63) is 77.7 Å². The SMILES string of the molecule is CCCC[C@H](NC(=O)[C@H](CO)NC(=O)[C@H](CCCNC(=N)N)NC(=O)COCCOCCNC(=O)CCCS(=O)(=O)NC(=O)CCCCCCCCCCCCCCCc1nnn[nH]1)C(=O)N[C@H]1CCC(=O)NCCCC[C@@H](C(N)=O)NC(=O)[C@H](Cc2c[nH]c3ccccc23)NC(=O)[C@H](CCCNC(=N)N)NC(=O)[C@@H](Cc2ccccc2)NC(=O)[C@@H]2C[C@@H](O)CN2C1=O. The van der Waals surface area contributed by atoms with Crippen LogP contribution in [-0.2, 0) is 101 Å². The molecule has 25 N–H and O–H groups in total. The summed E-state index contributed by atoms with van der Waals surface area (Å²) in [5, 5.41) is 83.5. The number of primary amides is 1. The molecule has 0 spiro atoms. The number of hydrogen-bond donors (Lipinski definition) is 22. The fraction of sp³-hybridized carbons (Fsp3) is 0.643. The van der Waals surface area contributed by atoms with Gasteiger partial charge in [-0.15, -0.1) is 5.10 Å². The molecule has 6 rings (SSSR count). The van der Waals surface area contributed by atoms with Gasteiger partial charge in [0.1, 0.15) is 66.8 Å². The Kier molecular flexibility index (Phi) is 48.3. The summed E-state index contributed by atoms with van der Waals surface area (Å²) in [6.07, 6.45) is 14.5. The highest BCUT2D eigenvalue weighted by Crippen LogP contribution is 2.24. The Morgan fingerprint density at radius 2 is 1.22 bits per heavy atom. The molecule has 0 unspecified atom stereocenters. The summed E-state index contributed by atoms with van der Waals surface area (Å²) in [6, 6.07) is 2.13. The maximum atomic E-state index is 15.2. The first kappa shape index (κ1) is 105. The number of aromatic amines is 2. The number of aryl methyl sites for hydroxylation is 1. The van der Waals surface area contributed by atoms with Gasteiger partial charge in [0.05, 0.1) is 38.3 Å². The van der Waals surface area contributed by atoms with Crippen LogP contribution in [0.4, 0.5) is 0 Å². The predicted octanol–water partition coefficient (Wildman–Crippen LogP) is -1.34. The van der Waals surface area contributed by atoms with Crippen LogP contribution in [0, 0.1) is 10.8 Å². The van der Waals surface area contributed by atoms with Crippen molar-refractivity contribution >= 4 is 110 Å². The number of nitrogens with one attached hydrogen (secondary N) is 17. The maximum Gasteiger partial charge on any atom is 0.246 e. The molecule has 4 aromatic rings. The quantitative estimate of drug-likeness (QED) is 0.0138. The lowest BCUT2D eigenvalue weighted by Crippen LogP contribution is -2.61. The smallest absolute Gasteiger partial charge is 0.246 e. The Morgan fingerprint density at radius 3 is 1.90 bits per heavy atom. The molecule has 2 aliphatic rings. The van der Waals surface area contributed by atoms with Crippen molar-refractivity contribution in [2.45, 2.75) is 273 Å². The number of nitrogens with zero attached hydrogens (tertiary/aromatic N) is 4. The van der Waals surface area contributed by atoms with Gasteiger partial charge in [-0.05, 0) is 105 Å². The van der Waals surface area contributed by atoms with Gasteiger partial charge < -0.3 is 111 Å². The number of sulfonamides is 1. The molecule has 2 aliphatic heterocycles. The highest BCUT2D eigenvalue weighted by atomic mass is 32.2. The number of benzene rings is 2. The van der Waals surface area contributed by atoms with Crippen LogP contribution in [-0.4, -0.2) is 270 Å². The van der Waals surface area contributed by atoms with Gasteiger partial charge in [-0.1, -0.05) is 139 Å². The summed E-state index contributed by atoms with van der Waals surface area (Å²) in [6.45, 7) is -0.306. The minimum absolute atomic E-state index is 0.00335. The first-order chi connectivity index (χ1) is 61.5. The number of amides is 13. The van der Waals surface area contributed by atoms with Crippen LogP contribution in [0.15, 0.2) is 60.8 Å². The van der Waals surface area contributed by atoms with Crippen molar-refractivity contribution in [2.75, 3.05) is 71.5 Å². The summed E-state index contributed by atoms with van der Waals surface area (Å²) in [5.41, 5.74) is 18.8. The number of H-pyrrole nitrogens is 2. The third-order valence-electron chi connectivity index (χ3n) is 21.7. The van der Waals surface area contributed by atoms with Crippen molar-refractivity contribution in [1.29, 1.82) is 10.8 Å². The number of fused-ring (bicyclic) bond motifs is 2. The Morgan fingerprint density at radius 1 is 0.617 bits per heavy atom. The van der Waals surface area contributed by atoms with Crippen molar-refractivity contribution in [1.82, 2.24) is 99.0 Å². The van der Waals surface area contributed by atoms with E-state index in [4.69, 9.17) is 37.5 Å². The lowest BCUT2D eigenvalue weighted by molar-refractivity contribution is -0.143. The fourth-order valence-electron chi connectivity index (χ4n) is 14.7. The third-order valence-corrected chi connectivity index (χ3v) is 23.1. The van der Waals surface area contributed by atoms with Gasteiger partial charge in [0.15, 0.2) is 11.9 Å². The predicted molar refractivity (Wildman–Crippen MR) is 472 cm³/mol. The van der Waals surface area contributed by atoms with E-state index in [0.29, 0.717) is 24.0 Å². The Hall–Kier alpha value is -11.5. The Balaban J connectivity index is 1.03. The highest BCUT2D eigenvalue weighted by molar-refractivity contribution is 7.90. The summed E-state index contributed by atoms with van der Waals surface area (Å²) >= 11 is 0. The number of aromatic nitrogens is 5. The van der Waals surface area contributed by atoms with Crippen LogP contribution in [0.1, 0.15) is 210 Å². The molecule has 0 saturated carbocycles. The van der Waals surface area contributed by atoms with Crippen LogP contribution < -0.4 is 85.7 Å². The van der Waals surface area contributed by atoms with Gasteiger partial charge in [-0.25, -0.2) is 13.5 Å². The van der Waals surface area contributed by atoms with E-state index in [9.17, 15) is 76.2 Å². The second-order valence-corrected chi connectivity index (χ2v) is 34.0. The third kappa shape index (κ3) is 41.1. The van der Waals surface area contributed by atoms with E-state index in [1.807, 2.05) is 18.2 Å². The molecular formula is C84H134N24O19S. The number of aliphatic hydroxyl groups is 2. The van der Waals surface area contributed by atoms with Crippen molar-refractivity contribution in [3.63, 3.8) is 0 Å². The first-order valence-corrected chi connectivity index (χ1v) is 46.2. The Bertz CT molecular complexity index is 4300. The normalized spacial score (nSPS) is 18.9. The van der Waals surface area contributed by atoms with Crippen LogP contribution in [0.3, 0.4) is 0 Å². The largest absolute Gasteiger partial charge is 0.394 e. The van der Waals surface area contributed by atoms with Crippen LogP contribution in [0.25, 0.3) is 10.9 Å². The van der Waals surface area contributed by atoms with Gasteiger partial charge in [-0.3, -0.25) is 77.9 Å². The molecule has 13 amide bonds. The lowest BCUT2D eigenvalue weighted by atomic mass is 10.0. The van der Waals surface area contributed by atoms with Crippen LogP contribution >= 0.6 is 0 Å². The first-order valence-electron chi connectivity index (χ1n) is 44.5. The summed E-state index contributed by atoms with van der Waals surface area (Å²) in [7, 11) is -3.95. The van der Waals surface area contributed by atoms with Gasteiger partial charge in [0, 0.05) is 94.8 Å². The summed E-state index contributed by atoms with van der Waals surface area (Å²) < 4.78 is 38.2. The highest BCUT2D eigenvalue weighted by Gasteiger charge is 2.44. The molecule has 2 aromatic heterocycles. The van der Waals surface area contributed by atoms with Gasteiger partial charge >= 0.3 is 0 Å². The van der Waals surface area contributed by atoms with Crippen molar-refractivity contribution in [2.24, 2.45) is 17.2 Å². The molecule has 0 bridgehead atoms. The van der Waals surface area contributed by atoms with Gasteiger partial charge in [0.25, 0.3) is 0 Å². The molecule has 710 valence electrons. The molecule has 2 saturated heterocycles. The number of carbonyl (C=O) groups is 13. The van der Waals surface area contributed by atoms with E-state index in [2.05, 4.69) is 94.1 Å². The topological polar surface area (TPSA) is 671 Å². The van der Waals surface area contributed by atoms with Crippen molar-refractivity contribution < 1.29 is 90.4 Å². The molecule has 128 heavy (non-hydrogen) atoms. The minimum atomic E-state index is -3.95. The van der Waals surface area contributed by atoms with E-state index >= 15 is 4.79 Å². The number of ether oxygens (including phenoxy) is 2. The van der Waals surface area contributed by atoms with E-state index in [1.165, 1.54) is 38.5 Å². The zero-order valence-corrected chi connectivity index (χ0v) is 74.0.